The van der Waals surface area contributed by atoms with Gasteiger partial charge in [0.25, 0.3) is 0 Å². The fourth-order valence-corrected chi connectivity index (χ4v) is 3.48. The normalized spacial score (nSPS) is 27.3. The number of carbonyl (C=O) groups excluding carboxylic acids is 1. The molecule has 5 nitrogen and oxygen atoms in total. The number of nitrogens with zero attached hydrogens (tertiary/aromatic N) is 1. The molecule has 1 aliphatic heterocycles. The van der Waals surface area contributed by atoms with Crippen molar-refractivity contribution in [1.82, 2.24) is 15.5 Å². The summed E-state index contributed by atoms with van der Waals surface area (Å²) in [5, 5.41) is 6.01. The third-order valence-corrected chi connectivity index (χ3v) is 4.72. The smallest absolute Gasteiger partial charge is 0.314 e. The minimum Gasteiger partial charge on any atom is -0.379 e. The van der Waals surface area contributed by atoms with E-state index in [-0.39, 0.29) is 6.03 Å². The van der Waals surface area contributed by atoms with E-state index in [4.69, 9.17) is 4.74 Å². The van der Waals surface area contributed by atoms with Gasteiger partial charge in [0.15, 0.2) is 0 Å². The van der Waals surface area contributed by atoms with E-state index in [1.165, 1.54) is 25.7 Å². The summed E-state index contributed by atoms with van der Waals surface area (Å²) in [7, 11) is 0. The van der Waals surface area contributed by atoms with Crippen molar-refractivity contribution in [3.63, 3.8) is 0 Å². The van der Waals surface area contributed by atoms with Crippen molar-refractivity contribution in [3.05, 3.63) is 0 Å². The molecule has 1 heterocycles. The average Bonchev–Trinajstić information content (AvgIpc) is 2.54. The average molecular weight is 297 g/mol. The zero-order valence-electron chi connectivity index (χ0n) is 13.4. The highest BCUT2D eigenvalue weighted by molar-refractivity contribution is 5.73. The Morgan fingerprint density at radius 3 is 2.71 bits per heavy atom. The van der Waals surface area contributed by atoms with Gasteiger partial charge in [-0.25, -0.2) is 4.79 Å². The maximum absolute atomic E-state index is 11.8. The Hall–Kier alpha value is -0.810. The maximum Gasteiger partial charge on any atom is 0.314 e. The van der Waals surface area contributed by atoms with Gasteiger partial charge in [-0.15, -0.1) is 0 Å². The number of hydrogen-bond acceptors (Lipinski definition) is 3. The largest absolute Gasteiger partial charge is 0.379 e. The van der Waals surface area contributed by atoms with Gasteiger partial charge in [-0.2, -0.15) is 0 Å². The van der Waals surface area contributed by atoms with E-state index in [0.717, 1.165) is 52.2 Å². The highest BCUT2D eigenvalue weighted by atomic mass is 16.5. The van der Waals surface area contributed by atoms with Crippen molar-refractivity contribution in [2.24, 2.45) is 5.92 Å². The molecule has 2 fully saturated rings. The van der Waals surface area contributed by atoms with Gasteiger partial charge in [0.2, 0.25) is 0 Å². The molecule has 0 bridgehead atoms. The van der Waals surface area contributed by atoms with Crippen molar-refractivity contribution in [2.45, 2.75) is 51.5 Å². The lowest BCUT2D eigenvalue weighted by Gasteiger charge is -2.41. The van der Waals surface area contributed by atoms with Gasteiger partial charge in [0.1, 0.15) is 0 Å². The zero-order valence-corrected chi connectivity index (χ0v) is 13.4. The highest BCUT2D eigenvalue weighted by Gasteiger charge is 2.31. The second kappa shape index (κ2) is 9.26. The van der Waals surface area contributed by atoms with Crippen LogP contribution in [0.1, 0.15) is 45.4 Å². The number of amides is 2. The molecule has 0 aromatic rings. The van der Waals surface area contributed by atoms with E-state index in [0.29, 0.717) is 12.0 Å². The Bertz CT molecular complexity index is 306. The van der Waals surface area contributed by atoms with Gasteiger partial charge in [0.05, 0.1) is 13.2 Å². The molecule has 5 heteroatoms. The predicted octanol–water partition coefficient (Wildman–Crippen LogP) is 1.98. The number of carbonyl (C=O) groups is 1. The molecule has 2 rings (SSSR count). The van der Waals surface area contributed by atoms with E-state index < -0.39 is 0 Å². The highest BCUT2D eigenvalue weighted by Crippen LogP contribution is 2.28. The molecule has 0 unspecified atom stereocenters. The number of urea groups is 1. The second-order valence-electron chi connectivity index (χ2n) is 6.25. The van der Waals surface area contributed by atoms with E-state index in [9.17, 15) is 4.79 Å². The molecule has 1 saturated carbocycles. The molecule has 2 aliphatic rings. The lowest BCUT2D eigenvalue weighted by molar-refractivity contribution is -0.00677. The quantitative estimate of drug-likeness (QED) is 0.737. The lowest BCUT2D eigenvalue weighted by atomic mass is 9.83. The summed E-state index contributed by atoms with van der Waals surface area (Å²) in [5.41, 5.74) is 0. The van der Waals surface area contributed by atoms with Crippen LogP contribution in [0.15, 0.2) is 0 Å². The first-order valence-corrected chi connectivity index (χ1v) is 8.64. The van der Waals surface area contributed by atoms with Gasteiger partial charge in [-0.1, -0.05) is 26.2 Å². The SMILES string of the molecule is CCCCNC(=O)NC[C@@H]1CCCC[C@@H]1N1CCOCC1. The number of hydrogen-bond donors (Lipinski definition) is 2. The molecule has 2 N–H and O–H groups in total. The van der Waals surface area contributed by atoms with Gasteiger partial charge >= 0.3 is 6.03 Å². The van der Waals surface area contributed by atoms with Crippen molar-refractivity contribution < 1.29 is 9.53 Å². The number of nitrogens with one attached hydrogen (secondary N) is 2. The number of rotatable bonds is 6. The fourth-order valence-electron chi connectivity index (χ4n) is 3.48. The molecule has 0 aromatic carbocycles. The van der Waals surface area contributed by atoms with Crippen molar-refractivity contribution in [3.8, 4) is 0 Å². The molecule has 2 amide bonds. The molecule has 122 valence electrons. The standard InChI is InChI=1S/C16H31N3O2/c1-2-3-8-17-16(20)18-13-14-6-4-5-7-15(14)19-9-11-21-12-10-19/h14-15H,2-13H2,1H3,(H2,17,18,20)/t14-,15-/m0/s1. The Kier molecular flexibility index (Phi) is 7.30. The first kappa shape index (κ1) is 16.6. The lowest BCUT2D eigenvalue weighted by Crippen LogP contribution is -2.51. The minimum absolute atomic E-state index is 0.00486. The number of ether oxygens (including phenoxy) is 1. The zero-order chi connectivity index (χ0) is 14.9. The van der Waals surface area contributed by atoms with Crippen LogP contribution in [0.4, 0.5) is 4.79 Å². The molecular weight excluding hydrogens is 266 g/mol. The summed E-state index contributed by atoms with van der Waals surface area (Å²) in [4.78, 5) is 14.4. The Morgan fingerprint density at radius 1 is 1.19 bits per heavy atom. The van der Waals surface area contributed by atoms with Crippen molar-refractivity contribution in [2.75, 3.05) is 39.4 Å². The van der Waals surface area contributed by atoms with E-state index in [2.05, 4.69) is 22.5 Å². The summed E-state index contributed by atoms with van der Waals surface area (Å²) >= 11 is 0. The Labute approximate surface area is 128 Å². The molecule has 21 heavy (non-hydrogen) atoms. The number of unbranched alkanes of at least 4 members (excludes halogenated alkanes) is 1. The minimum atomic E-state index is -0.00486. The monoisotopic (exact) mass is 297 g/mol. The third-order valence-electron chi connectivity index (χ3n) is 4.72. The molecule has 1 saturated heterocycles. The van der Waals surface area contributed by atoms with Crippen LogP contribution in [0.5, 0.6) is 0 Å². The topological polar surface area (TPSA) is 53.6 Å². The Balaban J connectivity index is 1.74. The van der Waals surface area contributed by atoms with Crippen LogP contribution in [-0.4, -0.2) is 56.4 Å². The van der Waals surface area contributed by atoms with Gasteiger partial charge in [0, 0.05) is 32.2 Å². The molecule has 0 aromatic heterocycles. The van der Waals surface area contributed by atoms with Crippen LogP contribution in [-0.2, 0) is 4.74 Å². The van der Waals surface area contributed by atoms with E-state index >= 15 is 0 Å². The molecular formula is C16H31N3O2. The van der Waals surface area contributed by atoms with Crippen molar-refractivity contribution >= 4 is 6.03 Å². The van der Waals surface area contributed by atoms with Crippen LogP contribution in [0.3, 0.4) is 0 Å². The van der Waals surface area contributed by atoms with Crippen LogP contribution in [0.2, 0.25) is 0 Å². The van der Waals surface area contributed by atoms with Crippen molar-refractivity contribution in [1.29, 1.82) is 0 Å². The summed E-state index contributed by atoms with van der Waals surface area (Å²) < 4.78 is 5.46. The van der Waals surface area contributed by atoms with Crippen LogP contribution < -0.4 is 10.6 Å². The predicted molar refractivity (Wildman–Crippen MR) is 84.4 cm³/mol. The fraction of sp³-hybridized carbons (Fsp3) is 0.938. The number of morpholine rings is 1. The summed E-state index contributed by atoms with van der Waals surface area (Å²) in [5.74, 6) is 0.591. The Morgan fingerprint density at radius 2 is 1.95 bits per heavy atom. The van der Waals surface area contributed by atoms with Gasteiger partial charge < -0.3 is 15.4 Å². The molecule has 2 atom stereocenters. The van der Waals surface area contributed by atoms with Gasteiger partial charge in [-0.05, 0) is 25.2 Å². The first-order chi connectivity index (χ1) is 10.3. The third kappa shape index (κ3) is 5.47. The summed E-state index contributed by atoms with van der Waals surface area (Å²) in [6.07, 6.45) is 7.28. The van der Waals surface area contributed by atoms with E-state index in [1.54, 1.807) is 0 Å². The van der Waals surface area contributed by atoms with Gasteiger partial charge in [-0.3, -0.25) is 4.90 Å². The van der Waals surface area contributed by atoms with Crippen LogP contribution >= 0.6 is 0 Å². The molecule has 1 aliphatic carbocycles. The second-order valence-corrected chi connectivity index (χ2v) is 6.25. The van der Waals surface area contributed by atoms with Crippen LogP contribution in [0, 0.1) is 5.92 Å². The first-order valence-electron chi connectivity index (χ1n) is 8.64. The summed E-state index contributed by atoms with van der Waals surface area (Å²) in [6.45, 7) is 7.52. The molecule has 0 spiro atoms. The van der Waals surface area contributed by atoms with Crippen LogP contribution in [0.25, 0.3) is 0 Å². The maximum atomic E-state index is 11.8. The molecule has 0 radical (unpaired) electrons. The van der Waals surface area contributed by atoms with E-state index in [1.807, 2.05) is 0 Å². The summed E-state index contributed by atoms with van der Waals surface area (Å²) in [6, 6.07) is 0.619.